The standard InChI is InChI=1S/C12H12ClF3N2/c1-7-4-10-9(5-8(7)14)17-12(2-3-13)18(10)6-11(15)16/h4-5,11H,2-3,6H2,1H3. The van der Waals surface area contributed by atoms with Crippen LogP contribution in [0.1, 0.15) is 11.4 Å². The molecule has 18 heavy (non-hydrogen) atoms. The fraction of sp³-hybridized carbons (Fsp3) is 0.417. The first-order valence-corrected chi connectivity index (χ1v) is 6.05. The lowest BCUT2D eigenvalue weighted by atomic mass is 10.2. The van der Waals surface area contributed by atoms with Gasteiger partial charge in [-0.2, -0.15) is 0 Å². The highest BCUT2D eigenvalue weighted by Gasteiger charge is 2.15. The number of aryl methyl sites for hydroxylation is 2. The average molecular weight is 277 g/mol. The van der Waals surface area contributed by atoms with Crippen LogP contribution in [0.4, 0.5) is 13.2 Å². The zero-order valence-corrected chi connectivity index (χ0v) is 10.5. The van der Waals surface area contributed by atoms with Gasteiger partial charge in [-0.25, -0.2) is 18.2 Å². The minimum Gasteiger partial charge on any atom is -0.322 e. The highest BCUT2D eigenvalue weighted by atomic mass is 35.5. The molecular formula is C12H12ClF3N2. The number of rotatable bonds is 4. The summed E-state index contributed by atoms with van der Waals surface area (Å²) in [7, 11) is 0. The number of alkyl halides is 3. The molecule has 1 aromatic carbocycles. The summed E-state index contributed by atoms with van der Waals surface area (Å²) in [5, 5.41) is 0. The van der Waals surface area contributed by atoms with Crippen LogP contribution in [0.5, 0.6) is 0 Å². The number of benzene rings is 1. The molecule has 0 amide bonds. The highest BCUT2D eigenvalue weighted by Crippen LogP contribution is 2.22. The van der Waals surface area contributed by atoms with Crippen LogP contribution in [-0.4, -0.2) is 21.9 Å². The van der Waals surface area contributed by atoms with E-state index in [9.17, 15) is 13.2 Å². The van der Waals surface area contributed by atoms with Crippen LogP contribution in [0.3, 0.4) is 0 Å². The van der Waals surface area contributed by atoms with E-state index in [0.717, 1.165) is 0 Å². The second-order valence-electron chi connectivity index (χ2n) is 4.06. The molecule has 0 atom stereocenters. The van der Waals surface area contributed by atoms with E-state index in [-0.39, 0.29) is 11.7 Å². The molecule has 0 N–H and O–H groups in total. The first-order valence-electron chi connectivity index (χ1n) is 5.52. The molecule has 2 rings (SSSR count). The van der Waals surface area contributed by atoms with Gasteiger partial charge in [0.25, 0.3) is 6.43 Å². The lowest BCUT2D eigenvalue weighted by Gasteiger charge is -2.07. The number of halogens is 4. The Balaban J connectivity index is 2.60. The third kappa shape index (κ3) is 2.46. The summed E-state index contributed by atoms with van der Waals surface area (Å²) in [5.74, 6) is 0.362. The van der Waals surface area contributed by atoms with Crippen molar-refractivity contribution < 1.29 is 13.2 Å². The Morgan fingerprint density at radius 2 is 2.11 bits per heavy atom. The Hall–Kier alpha value is -1.23. The van der Waals surface area contributed by atoms with Crippen LogP contribution >= 0.6 is 11.6 Å². The second-order valence-corrected chi connectivity index (χ2v) is 4.44. The van der Waals surface area contributed by atoms with Crippen molar-refractivity contribution in [2.24, 2.45) is 0 Å². The van der Waals surface area contributed by atoms with Crippen LogP contribution in [0, 0.1) is 12.7 Å². The number of nitrogens with zero attached hydrogens (tertiary/aromatic N) is 2. The molecule has 0 aliphatic rings. The molecule has 0 bridgehead atoms. The molecule has 2 aromatic rings. The van der Waals surface area contributed by atoms with Gasteiger partial charge in [0.05, 0.1) is 17.6 Å². The van der Waals surface area contributed by atoms with Gasteiger partial charge < -0.3 is 4.57 Å². The Kier molecular flexibility index (Phi) is 3.80. The first-order chi connectivity index (χ1) is 8.52. The van der Waals surface area contributed by atoms with Gasteiger partial charge in [0, 0.05) is 18.4 Å². The Bertz CT molecular complexity index is 566. The summed E-state index contributed by atoms with van der Waals surface area (Å²) in [4.78, 5) is 4.16. The van der Waals surface area contributed by atoms with E-state index in [1.54, 1.807) is 6.92 Å². The van der Waals surface area contributed by atoms with Crippen molar-refractivity contribution in [3.05, 3.63) is 29.3 Å². The maximum atomic E-state index is 13.4. The number of aromatic nitrogens is 2. The van der Waals surface area contributed by atoms with Gasteiger partial charge >= 0.3 is 0 Å². The van der Waals surface area contributed by atoms with Crippen LogP contribution in [-0.2, 0) is 13.0 Å². The SMILES string of the molecule is Cc1cc2c(cc1F)nc(CCCl)n2CC(F)F. The highest BCUT2D eigenvalue weighted by molar-refractivity contribution is 6.17. The summed E-state index contributed by atoms with van der Waals surface area (Å²) in [6.07, 6.45) is -2.11. The normalized spacial score (nSPS) is 11.7. The van der Waals surface area contributed by atoms with Crippen molar-refractivity contribution in [3.8, 4) is 0 Å². The van der Waals surface area contributed by atoms with Gasteiger partial charge in [-0.1, -0.05) is 0 Å². The number of imidazole rings is 1. The van der Waals surface area contributed by atoms with E-state index < -0.39 is 13.0 Å². The fourth-order valence-electron chi connectivity index (χ4n) is 1.92. The average Bonchev–Trinajstić information content (AvgIpc) is 2.58. The number of fused-ring (bicyclic) bond motifs is 1. The van der Waals surface area contributed by atoms with Crippen molar-refractivity contribution in [3.63, 3.8) is 0 Å². The van der Waals surface area contributed by atoms with Gasteiger partial charge in [0.15, 0.2) is 0 Å². The predicted molar refractivity (Wildman–Crippen MR) is 64.9 cm³/mol. The second kappa shape index (κ2) is 5.18. The quantitative estimate of drug-likeness (QED) is 0.781. The summed E-state index contributed by atoms with van der Waals surface area (Å²) in [5.41, 5.74) is 1.32. The van der Waals surface area contributed by atoms with Crippen molar-refractivity contribution in [2.45, 2.75) is 26.3 Å². The largest absolute Gasteiger partial charge is 0.322 e. The molecule has 98 valence electrons. The van der Waals surface area contributed by atoms with E-state index in [4.69, 9.17) is 11.6 Å². The van der Waals surface area contributed by atoms with Crippen LogP contribution in [0.15, 0.2) is 12.1 Å². The molecule has 0 radical (unpaired) electrons. The van der Waals surface area contributed by atoms with E-state index >= 15 is 0 Å². The van der Waals surface area contributed by atoms with Gasteiger partial charge in [-0.15, -0.1) is 11.6 Å². The van der Waals surface area contributed by atoms with Gasteiger partial charge in [0.2, 0.25) is 0 Å². The van der Waals surface area contributed by atoms with Crippen LogP contribution < -0.4 is 0 Å². The molecule has 0 aliphatic heterocycles. The van der Waals surface area contributed by atoms with Crippen molar-refractivity contribution in [1.29, 1.82) is 0 Å². The molecule has 0 fully saturated rings. The molecule has 0 aliphatic carbocycles. The maximum absolute atomic E-state index is 13.4. The molecule has 0 saturated heterocycles. The smallest absolute Gasteiger partial charge is 0.256 e. The summed E-state index contributed by atoms with van der Waals surface area (Å²) >= 11 is 5.62. The lowest BCUT2D eigenvalue weighted by molar-refractivity contribution is 0.127. The Labute approximate surface area is 107 Å². The van der Waals surface area contributed by atoms with Crippen LogP contribution in [0.2, 0.25) is 0 Å². The van der Waals surface area contributed by atoms with E-state index in [1.807, 2.05) is 0 Å². The van der Waals surface area contributed by atoms with E-state index in [0.29, 0.717) is 28.8 Å². The van der Waals surface area contributed by atoms with Gasteiger partial charge in [0.1, 0.15) is 11.6 Å². The molecule has 1 aromatic heterocycles. The molecule has 0 unspecified atom stereocenters. The Morgan fingerprint density at radius 3 is 2.72 bits per heavy atom. The third-order valence-electron chi connectivity index (χ3n) is 2.75. The van der Waals surface area contributed by atoms with Gasteiger partial charge in [-0.3, -0.25) is 0 Å². The minimum atomic E-state index is -2.48. The third-order valence-corrected chi connectivity index (χ3v) is 2.94. The van der Waals surface area contributed by atoms with Crippen LogP contribution in [0.25, 0.3) is 11.0 Å². The first kappa shape index (κ1) is 13.2. The van der Waals surface area contributed by atoms with Crippen molar-refractivity contribution in [2.75, 3.05) is 5.88 Å². The van der Waals surface area contributed by atoms with Crippen molar-refractivity contribution >= 4 is 22.6 Å². The summed E-state index contributed by atoms with van der Waals surface area (Å²) in [6.45, 7) is 1.14. The fourth-order valence-corrected chi connectivity index (χ4v) is 2.09. The molecule has 0 saturated carbocycles. The van der Waals surface area contributed by atoms with E-state index in [1.165, 1.54) is 16.7 Å². The van der Waals surface area contributed by atoms with Gasteiger partial charge in [-0.05, 0) is 18.6 Å². The zero-order chi connectivity index (χ0) is 13.3. The topological polar surface area (TPSA) is 17.8 Å². The molecule has 6 heteroatoms. The number of hydrogen-bond donors (Lipinski definition) is 0. The predicted octanol–water partition coefficient (Wildman–Crippen LogP) is 3.53. The lowest BCUT2D eigenvalue weighted by Crippen LogP contribution is -2.10. The van der Waals surface area contributed by atoms with E-state index in [2.05, 4.69) is 4.98 Å². The molecule has 0 spiro atoms. The molecular weight excluding hydrogens is 265 g/mol. The maximum Gasteiger partial charge on any atom is 0.256 e. The molecule has 2 nitrogen and oxygen atoms in total. The zero-order valence-electron chi connectivity index (χ0n) is 9.76. The monoisotopic (exact) mass is 276 g/mol. The molecule has 1 heterocycles. The van der Waals surface area contributed by atoms with Crippen molar-refractivity contribution in [1.82, 2.24) is 9.55 Å². The number of hydrogen-bond acceptors (Lipinski definition) is 1. The Morgan fingerprint density at radius 1 is 1.39 bits per heavy atom. The summed E-state index contributed by atoms with van der Waals surface area (Å²) in [6, 6.07) is 2.81. The summed E-state index contributed by atoms with van der Waals surface area (Å²) < 4.78 is 40.0. The minimum absolute atomic E-state index is 0.286.